The highest BCUT2D eigenvalue weighted by Gasteiger charge is 1.96. The molecule has 0 radical (unpaired) electrons. The number of unbranched alkanes of at least 4 members (excludes halogenated alkanes) is 6. The molecule has 0 atom stereocenters. The van der Waals surface area contributed by atoms with Crippen molar-refractivity contribution in [1.82, 2.24) is 0 Å². The molecule has 0 bridgehead atoms. The molecule has 0 fully saturated rings. The number of rotatable bonds is 33. The molecule has 0 aromatic heterocycles. The molecule has 9 nitrogen and oxygen atoms in total. The van der Waals surface area contributed by atoms with Gasteiger partial charge in [-0.15, -0.1) is 0 Å². The van der Waals surface area contributed by atoms with E-state index < -0.39 is 0 Å². The average Bonchev–Trinajstić information content (AvgIpc) is 2.98. The van der Waals surface area contributed by atoms with Crippen molar-refractivity contribution in [3.05, 3.63) is 30.3 Å². The molecule has 1 aromatic carbocycles. The SMILES string of the molecule is CCCCCCCCCOCCOCCOCCOCCOCCOCCOCCOCCOc1ccccc1. The van der Waals surface area contributed by atoms with Crippen molar-refractivity contribution < 1.29 is 42.6 Å². The molecule has 0 heterocycles. The Morgan fingerprint density at radius 2 is 0.675 bits per heavy atom. The molecular formula is C31H56O9. The topological polar surface area (TPSA) is 83.1 Å². The van der Waals surface area contributed by atoms with Crippen LogP contribution in [0.3, 0.4) is 0 Å². The minimum Gasteiger partial charge on any atom is -0.491 e. The number of hydrogen-bond acceptors (Lipinski definition) is 9. The molecule has 0 saturated heterocycles. The molecule has 0 unspecified atom stereocenters. The second-order valence-electron chi connectivity index (χ2n) is 9.18. The molecule has 0 spiro atoms. The maximum Gasteiger partial charge on any atom is 0.119 e. The molecule has 0 saturated carbocycles. The van der Waals surface area contributed by atoms with Crippen molar-refractivity contribution >= 4 is 0 Å². The molecular weight excluding hydrogens is 516 g/mol. The van der Waals surface area contributed by atoms with Crippen LogP contribution in [-0.4, -0.2) is 112 Å². The lowest BCUT2D eigenvalue weighted by Crippen LogP contribution is -2.15. The maximum absolute atomic E-state index is 5.60. The Bertz CT molecular complexity index is 591. The van der Waals surface area contributed by atoms with Crippen LogP contribution in [0.2, 0.25) is 0 Å². The smallest absolute Gasteiger partial charge is 0.119 e. The van der Waals surface area contributed by atoms with Crippen molar-refractivity contribution in [3.63, 3.8) is 0 Å². The first-order chi connectivity index (χ1) is 19.9. The monoisotopic (exact) mass is 572 g/mol. The van der Waals surface area contributed by atoms with Crippen molar-refractivity contribution in [2.24, 2.45) is 0 Å². The Labute approximate surface area is 243 Å². The minimum atomic E-state index is 0.525. The largest absolute Gasteiger partial charge is 0.491 e. The van der Waals surface area contributed by atoms with E-state index in [4.69, 9.17) is 42.6 Å². The van der Waals surface area contributed by atoms with Gasteiger partial charge in [-0.1, -0.05) is 63.6 Å². The van der Waals surface area contributed by atoms with E-state index in [0.29, 0.717) is 106 Å². The van der Waals surface area contributed by atoms with E-state index in [1.54, 1.807) is 0 Å². The number of benzene rings is 1. The van der Waals surface area contributed by atoms with E-state index in [-0.39, 0.29) is 0 Å². The summed E-state index contributed by atoms with van der Waals surface area (Å²) in [5.74, 6) is 0.851. The molecule has 0 N–H and O–H groups in total. The van der Waals surface area contributed by atoms with Gasteiger partial charge in [-0.05, 0) is 18.6 Å². The van der Waals surface area contributed by atoms with Gasteiger partial charge in [0.05, 0.1) is 99.1 Å². The normalized spacial score (nSPS) is 11.3. The van der Waals surface area contributed by atoms with Crippen LogP contribution in [0.15, 0.2) is 30.3 Å². The minimum absolute atomic E-state index is 0.525. The summed E-state index contributed by atoms with van der Waals surface area (Å²) in [7, 11) is 0. The zero-order chi connectivity index (χ0) is 28.4. The quantitative estimate of drug-likeness (QED) is 0.109. The third-order valence-corrected chi connectivity index (χ3v) is 5.74. The van der Waals surface area contributed by atoms with Gasteiger partial charge >= 0.3 is 0 Å². The lowest BCUT2D eigenvalue weighted by Gasteiger charge is -2.09. The van der Waals surface area contributed by atoms with Crippen molar-refractivity contribution in [2.45, 2.75) is 51.9 Å². The van der Waals surface area contributed by atoms with Crippen LogP contribution < -0.4 is 4.74 Å². The zero-order valence-electron chi connectivity index (χ0n) is 25.0. The standard InChI is InChI=1S/C31H56O9/c1-2-3-4-5-6-7-11-14-32-15-16-33-17-18-34-19-20-35-21-22-36-23-24-37-25-26-38-27-28-39-29-30-40-31-12-9-8-10-13-31/h8-10,12-13H,2-7,11,14-30H2,1H3. The molecule has 9 heteroatoms. The fourth-order valence-electron chi connectivity index (χ4n) is 3.54. The predicted molar refractivity (Wildman–Crippen MR) is 156 cm³/mol. The van der Waals surface area contributed by atoms with Crippen LogP contribution in [0, 0.1) is 0 Å². The maximum atomic E-state index is 5.60. The van der Waals surface area contributed by atoms with E-state index in [0.717, 1.165) is 18.8 Å². The van der Waals surface area contributed by atoms with E-state index in [2.05, 4.69) is 6.92 Å². The summed E-state index contributed by atoms with van der Waals surface area (Å²) in [6, 6.07) is 9.70. The van der Waals surface area contributed by atoms with Gasteiger partial charge < -0.3 is 42.6 Å². The van der Waals surface area contributed by atoms with Crippen molar-refractivity contribution in [1.29, 1.82) is 0 Å². The average molecular weight is 573 g/mol. The summed E-state index contributed by atoms with van der Waals surface area (Å²) in [5, 5.41) is 0. The van der Waals surface area contributed by atoms with Crippen LogP contribution in [0.25, 0.3) is 0 Å². The van der Waals surface area contributed by atoms with E-state index in [9.17, 15) is 0 Å². The summed E-state index contributed by atoms with van der Waals surface area (Å²) in [4.78, 5) is 0. The Morgan fingerprint density at radius 3 is 1.07 bits per heavy atom. The van der Waals surface area contributed by atoms with Crippen molar-refractivity contribution in [2.75, 3.05) is 112 Å². The van der Waals surface area contributed by atoms with Gasteiger partial charge in [-0.2, -0.15) is 0 Å². The highest BCUT2D eigenvalue weighted by atomic mass is 16.6. The lowest BCUT2D eigenvalue weighted by molar-refractivity contribution is -0.0236. The Hall–Kier alpha value is -1.30. The van der Waals surface area contributed by atoms with Crippen LogP contribution in [0.5, 0.6) is 5.75 Å². The van der Waals surface area contributed by atoms with Crippen LogP contribution in [-0.2, 0) is 37.9 Å². The first-order valence-electron chi connectivity index (χ1n) is 15.2. The van der Waals surface area contributed by atoms with Crippen LogP contribution in [0.4, 0.5) is 0 Å². The van der Waals surface area contributed by atoms with E-state index in [1.165, 1.54) is 38.5 Å². The van der Waals surface area contributed by atoms with Gasteiger partial charge in [-0.3, -0.25) is 0 Å². The molecule has 1 rings (SSSR count). The first-order valence-corrected chi connectivity index (χ1v) is 15.2. The highest BCUT2D eigenvalue weighted by molar-refractivity contribution is 5.20. The molecule has 0 aliphatic heterocycles. The molecule has 0 aliphatic carbocycles. The number of hydrogen-bond donors (Lipinski definition) is 0. The molecule has 0 amide bonds. The van der Waals surface area contributed by atoms with Crippen molar-refractivity contribution in [3.8, 4) is 5.75 Å². The van der Waals surface area contributed by atoms with Gasteiger partial charge in [0.15, 0.2) is 0 Å². The first kappa shape index (κ1) is 36.7. The Morgan fingerprint density at radius 1 is 0.350 bits per heavy atom. The van der Waals surface area contributed by atoms with Gasteiger partial charge in [0.25, 0.3) is 0 Å². The second-order valence-corrected chi connectivity index (χ2v) is 9.18. The van der Waals surface area contributed by atoms with Crippen LogP contribution in [0.1, 0.15) is 51.9 Å². The third-order valence-electron chi connectivity index (χ3n) is 5.74. The number of ether oxygens (including phenoxy) is 9. The van der Waals surface area contributed by atoms with Crippen LogP contribution >= 0.6 is 0 Å². The molecule has 1 aromatic rings. The number of para-hydroxylation sites is 1. The molecule has 40 heavy (non-hydrogen) atoms. The van der Waals surface area contributed by atoms with Gasteiger partial charge in [0.2, 0.25) is 0 Å². The lowest BCUT2D eigenvalue weighted by atomic mass is 10.1. The fourth-order valence-corrected chi connectivity index (χ4v) is 3.54. The van der Waals surface area contributed by atoms with Gasteiger partial charge in [0.1, 0.15) is 12.4 Å². The zero-order valence-corrected chi connectivity index (χ0v) is 25.0. The van der Waals surface area contributed by atoms with Gasteiger partial charge in [0, 0.05) is 6.61 Å². The van der Waals surface area contributed by atoms with Gasteiger partial charge in [-0.25, -0.2) is 0 Å². The summed E-state index contributed by atoms with van der Waals surface area (Å²) in [5.41, 5.74) is 0. The Kier molecular flexibility index (Phi) is 29.6. The molecule has 0 aliphatic rings. The molecule has 234 valence electrons. The van der Waals surface area contributed by atoms with E-state index in [1.807, 2.05) is 30.3 Å². The Balaban J connectivity index is 1.62. The summed E-state index contributed by atoms with van der Waals surface area (Å²) in [6.45, 7) is 11.9. The second kappa shape index (κ2) is 32.2. The fraction of sp³-hybridized carbons (Fsp3) is 0.806. The predicted octanol–water partition coefficient (Wildman–Crippen LogP) is 4.95. The summed E-state index contributed by atoms with van der Waals surface area (Å²) in [6.07, 6.45) is 9.13. The summed E-state index contributed by atoms with van der Waals surface area (Å²) >= 11 is 0. The van der Waals surface area contributed by atoms with E-state index >= 15 is 0 Å². The summed E-state index contributed by atoms with van der Waals surface area (Å²) < 4.78 is 49.6. The third kappa shape index (κ3) is 28.2. The highest BCUT2D eigenvalue weighted by Crippen LogP contribution is 2.08.